The fourth-order valence-electron chi connectivity index (χ4n) is 2.64. The quantitative estimate of drug-likeness (QED) is 0.377. The van der Waals surface area contributed by atoms with E-state index in [0.717, 1.165) is 25.7 Å². The van der Waals surface area contributed by atoms with E-state index in [1.54, 1.807) is 29.0 Å². The van der Waals surface area contributed by atoms with Crippen molar-refractivity contribution in [2.75, 3.05) is 5.75 Å². The molecule has 1 amide bonds. The third-order valence-corrected chi connectivity index (χ3v) is 6.59. The Bertz CT molecular complexity index is 999. The van der Waals surface area contributed by atoms with Gasteiger partial charge in [-0.25, -0.2) is 9.97 Å². The van der Waals surface area contributed by atoms with Crippen LogP contribution in [0.25, 0.3) is 10.2 Å². The molecule has 7 heteroatoms. The fourth-order valence-corrected chi connectivity index (χ4v) is 5.03. The number of carbonyl (C=O) groups excluding carboxylic acids is 1. The molecule has 4 nitrogen and oxygen atoms in total. The molecule has 0 saturated heterocycles. The Morgan fingerprint density at radius 2 is 1.92 bits per heavy atom. The molecule has 1 aromatic carbocycles. The summed E-state index contributed by atoms with van der Waals surface area (Å²) >= 11 is 4.67. The highest BCUT2D eigenvalue weighted by molar-refractivity contribution is 8.00. The highest BCUT2D eigenvalue weighted by Crippen LogP contribution is 2.29. The maximum absolute atomic E-state index is 12.6. The summed E-state index contributed by atoms with van der Waals surface area (Å²) in [5.41, 5.74) is 1.08. The molecule has 0 aliphatic carbocycles. The summed E-state index contributed by atoms with van der Waals surface area (Å²) < 4.78 is 0. The van der Waals surface area contributed by atoms with Crippen molar-refractivity contribution in [1.29, 1.82) is 0 Å². The molecule has 0 unspecified atom stereocenters. The maximum Gasteiger partial charge on any atom is 0.231 e. The molecule has 3 heterocycles. The molecule has 0 fully saturated rings. The lowest BCUT2D eigenvalue weighted by molar-refractivity contribution is -0.119. The van der Waals surface area contributed by atoms with E-state index in [4.69, 9.17) is 0 Å². The smallest absolute Gasteiger partial charge is 0.231 e. The Hall–Kier alpha value is -2.22. The average molecular weight is 398 g/mol. The van der Waals surface area contributed by atoms with E-state index >= 15 is 0 Å². The van der Waals surface area contributed by atoms with Gasteiger partial charge in [-0.3, -0.25) is 4.79 Å². The van der Waals surface area contributed by atoms with Crippen molar-refractivity contribution in [2.24, 2.45) is 0 Å². The summed E-state index contributed by atoms with van der Waals surface area (Å²) in [4.78, 5) is 23.2. The normalized spacial score (nSPS) is 12.2. The van der Waals surface area contributed by atoms with Crippen LogP contribution in [0.1, 0.15) is 16.5 Å². The van der Waals surface area contributed by atoms with Crippen LogP contribution < -0.4 is 5.32 Å². The number of benzene rings is 1. The monoisotopic (exact) mass is 397 g/mol. The van der Waals surface area contributed by atoms with Crippen LogP contribution in [-0.2, 0) is 4.79 Å². The van der Waals surface area contributed by atoms with Crippen LogP contribution in [0.4, 0.5) is 0 Å². The van der Waals surface area contributed by atoms with E-state index in [9.17, 15) is 4.79 Å². The van der Waals surface area contributed by atoms with Crippen molar-refractivity contribution >= 4 is 50.6 Å². The number of amides is 1. The number of hydrogen-bond acceptors (Lipinski definition) is 6. The van der Waals surface area contributed by atoms with Crippen LogP contribution >= 0.6 is 34.4 Å². The van der Waals surface area contributed by atoms with Crippen molar-refractivity contribution < 1.29 is 4.79 Å². The minimum absolute atomic E-state index is 0.0146. The summed E-state index contributed by atoms with van der Waals surface area (Å²) in [6, 6.07) is 16.0. The molecule has 0 bridgehead atoms. The van der Waals surface area contributed by atoms with Gasteiger partial charge in [-0.1, -0.05) is 48.2 Å². The van der Waals surface area contributed by atoms with Gasteiger partial charge in [0.2, 0.25) is 5.91 Å². The first kappa shape index (κ1) is 17.2. The number of hydrogen-bond donors (Lipinski definition) is 1. The van der Waals surface area contributed by atoms with Crippen LogP contribution in [0.5, 0.6) is 0 Å². The second-order valence-electron chi connectivity index (χ2n) is 5.53. The first-order chi connectivity index (χ1) is 12.8. The maximum atomic E-state index is 12.6. The fraction of sp³-hybridized carbons (Fsp3) is 0.105. The number of thiophene rings is 2. The van der Waals surface area contributed by atoms with E-state index < -0.39 is 0 Å². The van der Waals surface area contributed by atoms with Gasteiger partial charge in [0.15, 0.2) is 0 Å². The van der Waals surface area contributed by atoms with Gasteiger partial charge in [-0.05, 0) is 28.5 Å². The Balaban J connectivity index is 1.48. The number of aromatic nitrogens is 2. The van der Waals surface area contributed by atoms with Crippen LogP contribution in [0.3, 0.4) is 0 Å². The lowest BCUT2D eigenvalue weighted by atomic mass is 10.1. The molecule has 3 aromatic heterocycles. The van der Waals surface area contributed by atoms with E-state index in [0.29, 0.717) is 5.75 Å². The van der Waals surface area contributed by atoms with Gasteiger partial charge in [0.1, 0.15) is 16.2 Å². The number of rotatable bonds is 6. The average Bonchev–Trinajstić information content (AvgIpc) is 3.37. The van der Waals surface area contributed by atoms with Gasteiger partial charge in [0.25, 0.3) is 0 Å². The molecule has 0 aliphatic rings. The Morgan fingerprint density at radius 3 is 2.73 bits per heavy atom. The zero-order valence-electron chi connectivity index (χ0n) is 13.7. The molecule has 0 radical (unpaired) electrons. The lowest BCUT2D eigenvalue weighted by Crippen LogP contribution is -2.30. The largest absolute Gasteiger partial charge is 0.344 e. The van der Waals surface area contributed by atoms with Gasteiger partial charge in [-0.2, -0.15) is 0 Å². The first-order valence-corrected chi connectivity index (χ1v) is 10.7. The molecule has 4 aromatic rings. The van der Waals surface area contributed by atoms with Crippen LogP contribution in [0.2, 0.25) is 0 Å². The standard InChI is InChI=1S/C19H15N3OS3/c23-16(11-26-19-14-8-10-25-18(14)20-12-21-19)22-17(15-7-4-9-24-15)13-5-2-1-3-6-13/h1-10,12,17H,11H2,(H,22,23)/t17-/m1/s1. The van der Waals surface area contributed by atoms with Crippen molar-refractivity contribution in [2.45, 2.75) is 11.1 Å². The third-order valence-electron chi connectivity index (χ3n) is 3.83. The molecule has 0 aliphatic heterocycles. The zero-order chi connectivity index (χ0) is 17.8. The molecule has 26 heavy (non-hydrogen) atoms. The minimum atomic E-state index is -0.129. The molecule has 130 valence electrons. The number of nitrogens with zero attached hydrogens (tertiary/aromatic N) is 2. The van der Waals surface area contributed by atoms with Gasteiger partial charge in [0.05, 0.1) is 11.8 Å². The Labute approximate surface area is 163 Å². The van der Waals surface area contributed by atoms with Crippen LogP contribution in [-0.4, -0.2) is 21.6 Å². The van der Waals surface area contributed by atoms with Gasteiger partial charge in [-0.15, -0.1) is 22.7 Å². The summed E-state index contributed by atoms with van der Waals surface area (Å²) in [5.74, 6) is 0.302. The van der Waals surface area contributed by atoms with Crippen molar-refractivity contribution in [1.82, 2.24) is 15.3 Å². The highest BCUT2D eigenvalue weighted by Gasteiger charge is 2.18. The summed E-state index contributed by atoms with van der Waals surface area (Å²) in [5, 5.41) is 9.03. The molecule has 1 atom stereocenters. The van der Waals surface area contributed by atoms with Crippen LogP contribution in [0, 0.1) is 0 Å². The van der Waals surface area contributed by atoms with Crippen molar-refractivity contribution in [3.63, 3.8) is 0 Å². The molecular weight excluding hydrogens is 382 g/mol. The van der Waals surface area contributed by atoms with Crippen LogP contribution in [0.15, 0.2) is 70.6 Å². The topological polar surface area (TPSA) is 54.9 Å². The first-order valence-electron chi connectivity index (χ1n) is 8.00. The number of nitrogens with one attached hydrogen (secondary N) is 1. The second kappa shape index (κ2) is 7.99. The molecular formula is C19H15N3OS3. The lowest BCUT2D eigenvalue weighted by Gasteiger charge is -2.18. The zero-order valence-corrected chi connectivity index (χ0v) is 16.1. The predicted octanol–water partition coefficient (Wildman–Crippen LogP) is 4.75. The number of thioether (sulfide) groups is 1. The van der Waals surface area contributed by atoms with Crippen molar-refractivity contribution in [3.8, 4) is 0 Å². The summed E-state index contributed by atoms with van der Waals surface area (Å²) in [7, 11) is 0. The molecule has 0 saturated carbocycles. The SMILES string of the molecule is O=C(CSc1ncnc2sccc12)N[C@H](c1ccccc1)c1cccs1. The van der Waals surface area contributed by atoms with Crippen molar-refractivity contribution in [3.05, 3.63) is 76.1 Å². The molecule has 1 N–H and O–H groups in total. The predicted molar refractivity (Wildman–Crippen MR) is 109 cm³/mol. The van der Waals surface area contributed by atoms with E-state index in [-0.39, 0.29) is 11.9 Å². The van der Waals surface area contributed by atoms with Gasteiger partial charge in [0, 0.05) is 10.3 Å². The molecule has 4 rings (SSSR count). The van der Waals surface area contributed by atoms with E-state index in [1.807, 2.05) is 53.2 Å². The third kappa shape index (κ3) is 3.80. The van der Waals surface area contributed by atoms with E-state index in [1.165, 1.54) is 11.8 Å². The highest BCUT2D eigenvalue weighted by atomic mass is 32.2. The van der Waals surface area contributed by atoms with E-state index in [2.05, 4.69) is 21.4 Å². The summed E-state index contributed by atoms with van der Waals surface area (Å²) in [6.45, 7) is 0. The van der Waals surface area contributed by atoms with Gasteiger partial charge < -0.3 is 5.32 Å². The Morgan fingerprint density at radius 1 is 1.04 bits per heavy atom. The Kier molecular flexibility index (Phi) is 5.29. The number of carbonyl (C=O) groups is 1. The van der Waals surface area contributed by atoms with Gasteiger partial charge >= 0.3 is 0 Å². The molecule has 0 spiro atoms. The minimum Gasteiger partial charge on any atom is -0.344 e. The summed E-state index contributed by atoms with van der Waals surface area (Å²) in [6.07, 6.45) is 1.55. The number of fused-ring (bicyclic) bond motifs is 1. The second-order valence-corrected chi connectivity index (χ2v) is 8.37.